The summed E-state index contributed by atoms with van der Waals surface area (Å²) < 4.78 is 7.44. The van der Waals surface area contributed by atoms with Crippen molar-refractivity contribution in [3.8, 4) is 0 Å². The van der Waals surface area contributed by atoms with E-state index in [0.29, 0.717) is 10.3 Å². The second-order valence-electron chi connectivity index (χ2n) is 6.65. The van der Waals surface area contributed by atoms with E-state index >= 15 is 0 Å². The lowest BCUT2D eigenvalue weighted by molar-refractivity contribution is 0.102. The van der Waals surface area contributed by atoms with Crippen LogP contribution in [0, 0.1) is 13.8 Å². The Morgan fingerprint density at radius 1 is 0.829 bits per heavy atom. The minimum atomic E-state index is 0. The number of ketones is 1. The monoisotopic (exact) mass is 508 g/mol. The van der Waals surface area contributed by atoms with Crippen LogP contribution in [0.25, 0.3) is 5.57 Å². The molecule has 0 unspecified atom stereocenters. The van der Waals surface area contributed by atoms with Gasteiger partial charge in [0, 0.05) is 6.92 Å². The van der Waals surface area contributed by atoms with E-state index < -0.39 is 0 Å². The second-order valence-corrected chi connectivity index (χ2v) is 8.16. The summed E-state index contributed by atoms with van der Waals surface area (Å²) in [6.45, 7) is 16.1. The van der Waals surface area contributed by atoms with Crippen LogP contribution < -0.4 is 0 Å². The molecule has 0 bridgehead atoms. The van der Waals surface area contributed by atoms with Gasteiger partial charge in [-0.25, -0.2) is 0 Å². The van der Waals surface area contributed by atoms with E-state index in [1.807, 2.05) is 64.1 Å². The number of carbonyl (C=O) groups excluding carboxylic acids is 1. The van der Waals surface area contributed by atoms with Crippen LogP contribution in [0.5, 0.6) is 0 Å². The van der Waals surface area contributed by atoms with Crippen molar-refractivity contribution < 1.29 is 4.79 Å². The molecular weight excluding hydrogens is 469 g/mol. The van der Waals surface area contributed by atoms with Crippen LogP contribution in [0.1, 0.15) is 75.4 Å². The number of aryl methyl sites for hydroxylation is 2. The highest BCUT2D eigenvalue weighted by molar-refractivity contribution is 7.08. The lowest BCUT2D eigenvalue weighted by Crippen LogP contribution is -1.89. The van der Waals surface area contributed by atoms with Crippen LogP contribution in [0.15, 0.2) is 53.9 Å². The van der Waals surface area contributed by atoms with Crippen molar-refractivity contribution in [3.63, 3.8) is 0 Å². The van der Waals surface area contributed by atoms with Gasteiger partial charge in [0.2, 0.25) is 0 Å². The number of rotatable bonds is 2. The average Bonchev–Trinajstić information content (AvgIpc) is 3.38. The van der Waals surface area contributed by atoms with Crippen molar-refractivity contribution in [3.05, 3.63) is 75.1 Å². The van der Waals surface area contributed by atoms with Crippen LogP contribution in [0.3, 0.4) is 0 Å². The van der Waals surface area contributed by atoms with Crippen molar-refractivity contribution in [2.24, 2.45) is 0 Å². The Morgan fingerprint density at radius 2 is 1.11 bits per heavy atom. The molecule has 0 aliphatic heterocycles. The fourth-order valence-electron chi connectivity index (χ4n) is 1.69. The number of nitrogens with zero attached hydrogens (tertiary/aromatic N) is 4. The number of aromatic nitrogens is 4. The molecule has 1 aromatic carbocycles. The van der Waals surface area contributed by atoms with Gasteiger partial charge < -0.3 is 0 Å². The van der Waals surface area contributed by atoms with Crippen LogP contribution >= 0.6 is 23.1 Å². The topological polar surface area (TPSA) is 68.6 Å². The fourth-order valence-corrected chi connectivity index (χ4v) is 2.95. The van der Waals surface area contributed by atoms with E-state index in [1.54, 1.807) is 13.8 Å². The first-order chi connectivity index (χ1) is 15.5. The third kappa shape index (κ3) is 21.9. The zero-order valence-electron chi connectivity index (χ0n) is 20.6. The van der Waals surface area contributed by atoms with E-state index in [9.17, 15) is 4.79 Å². The highest BCUT2D eigenvalue weighted by Gasteiger charge is 2.06. The molecule has 0 saturated carbocycles. The molecule has 3 rings (SSSR count). The summed E-state index contributed by atoms with van der Waals surface area (Å²) >= 11 is 2.53. The van der Waals surface area contributed by atoms with E-state index in [4.69, 9.17) is 23.5 Å². The first-order valence-electron chi connectivity index (χ1n) is 10.1. The summed E-state index contributed by atoms with van der Waals surface area (Å²) in [4.78, 5) is 12.4. The molecule has 0 saturated heterocycles. The lowest BCUT2D eigenvalue weighted by Gasteiger charge is -1.99. The number of allylic oxidation sites excluding steroid dienone is 3. The van der Waals surface area contributed by atoms with Gasteiger partial charge >= 0.3 is 0 Å². The Balaban J connectivity index is -0.000000181. The van der Waals surface area contributed by atoms with Gasteiger partial charge in [0.05, 0.1) is 24.1 Å². The molecule has 0 amide bonds. The Bertz CT molecular complexity index is 924. The summed E-state index contributed by atoms with van der Waals surface area (Å²) in [6, 6.07) is 12.0. The third-order valence-electron chi connectivity index (χ3n) is 3.22. The molecule has 35 heavy (non-hydrogen) atoms. The predicted molar refractivity (Wildman–Crippen MR) is 160 cm³/mol. The molecule has 0 aliphatic carbocycles. The average molecular weight is 508 g/mol. The number of Topliss-reactive ketones (excluding diaryl/α,β-unsaturated/α-hetero) is 1. The van der Waals surface area contributed by atoms with E-state index in [2.05, 4.69) is 25.8 Å². The summed E-state index contributed by atoms with van der Waals surface area (Å²) in [5.74, 6) is 0.0440. The lowest BCUT2D eigenvalue weighted by atomic mass is 9.92. The smallest absolute Gasteiger partial charge is 0.173 e. The molecule has 186 valence electrons. The molecular formula is C25H39B3N4OS2. The van der Waals surface area contributed by atoms with Crippen molar-refractivity contribution in [1.29, 1.82) is 0 Å². The third-order valence-corrected chi connectivity index (χ3v) is 5.10. The number of hydrogen-bond acceptors (Lipinski definition) is 7. The van der Waals surface area contributed by atoms with Gasteiger partial charge in [-0.3, -0.25) is 4.79 Å². The minimum Gasteiger partial charge on any atom is -0.293 e. The highest BCUT2D eigenvalue weighted by atomic mass is 32.1. The molecule has 2 heterocycles. The van der Waals surface area contributed by atoms with Crippen LogP contribution in [0.2, 0.25) is 6.32 Å². The Kier molecular flexibility index (Phi) is 28.3. The summed E-state index contributed by atoms with van der Waals surface area (Å²) in [7, 11) is 15.4. The van der Waals surface area contributed by atoms with Gasteiger partial charge in [-0.2, -0.15) is 0 Å². The fraction of sp³-hybridized carbons (Fsp3) is 0.400. The van der Waals surface area contributed by atoms with Crippen LogP contribution in [-0.2, 0) is 0 Å². The molecule has 0 aliphatic rings. The van der Waals surface area contributed by atoms with E-state index in [1.165, 1.54) is 18.5 Å². The zero-order valence-corrected chi connectivity index (χ0v) is 22.3. The molecule has 10 heteroatoms. The van der Waals surface area contributed by atoms with Crippen molar-refractivity contribution in [1.82, 2.24) is 19.2 Å². The van der Waals surface area contributed by atoms with E-state index in [0.717, 1.165) is 45.2 Å². The molecule has 2 aromatic heterocycles. The zero-order chi connectivity index (χ0) is 25.8. The van der Waals surface area contributed by atoms with Gasteiger partial charge in [-0.1, -0.05) is 87.3 Å². The van der Waals surface area contributed by atoms with Crippen molar-refractivity contribution in [2.75, 3.05) is 0 Å². The maximum atomic E-state index is 10.7. The second kappa shape index (κ2) is 24.8. The summed E-state index contributed by atoms with van der Waals surface area (Å²) in [5.41, 5.74) is 4.27. The van der Waals surface area contributed by atoms with Crippen LogP contribution in [0.4, 0.5) is 0 Å². The van der Waals surface area contributed by atoms with Gasteiger partial charge in [0.25, 0.3) is 0 Å². The first-order valence-corrected chi connectivity index (χ1v) is 11.7. The number of carbonyl (C=O) groups is 1. The molecule has 0 atom stereocenters. The van der Waals surface area contributed by atoms with Crippen molar-refractivity contribution in [2.45, 2.75) is 69.6 Å². The largest absolute Gasteiger partial charge is 0.293 e. The Hall–Kier alpha value is -2.32. The standard InChI is InChI=1S/C7H9BN2S.C6H6.C5H6N2OS.C3H5B.C2H5B.2CH4/c1-4(5(2)8)7-6(3)9-10-11-7;1-2-4-6-5-3-1;1-3-5(4(2)8)9-7-6-3;1-3(2)4;1-2-3;;/h1-3H3;1-6H;1-2H3;1H2,2H3;2H2,1H3;2*1H4. The predicted octanol–water partition coefficient (Wildman–Crippen LogP) is 7.06. The molecule has 5 nitrogen and oxygen atoms in total. The maximum Gasteiger partial charge on any atom is 0.173 e. The minimum absolute atomic E-state index is 0. The molecule has 3 aromatic rings. The quantitative estimate of drug-likeness (QED) is 0.274. The maximum absolute atomic E-state index is 10.7. The molecule has 0 spiro atoms. The SMILES string of the molecule is C.C.CC(=O)c1snnc1C.[B]C(=C)C.[B]C(C)=C(C)c1snnc1C.[B]CC.c1ccccc1. The first kappa shape index (κ1) is 39.9. The van der Waals surface area contributed by atoms with Gasteiger partial charge in [-0.15, -0.1) is 27.7 Å². The van der Waals surface area contributed by atoms with Crippen molar-refractivity contribution >= 4 is 58.0 Å². The summed E-state index contributed by atoms with van der Waals surface area (Å²) in [6.07, 6.45) is 0.750. The Morgan fingerprint density at radius 3 is 1.29 bits per heavy atom. The van der Waals surface area contributed by atoms with Gasteiger partial charge in [0.15, 0.2) is 5.78 Å². The van der Waals surface area contributed by atoms with E-state index in [-0.39, 0.29) is 20.6 Å². The normalized spacial score (nSPS) is 9.11. The molecule has 0 fully saturated rings. The Labute approximate surface area is 226 Å². The van der Waals surface area contributed by atoms with Gasteiger partial charge in [-0.05, 0) is 49.4 Å². The molecule has 0 N–H and O–H groups in total. The summed E-state index contributed by atoms with van der Waals surface area (Å²) in [5, 5.41) is 7.58. The highest BCUT2D eigenvalue weighted by Crippen LogP contribution is 2.21. The van der Waals surface area contributed by atoms with Gasteiger partial charge in [0.1, 0.15) is 20.6 Å². The van der Waals surface area contributed by atoms with Crippen LogP contribution in [-0.4, -0.2) is 48.5 Å². The number of hydrogen-bond donors (Lipinski definition) is 0. The number of benzene rings is 1. The molecule has 6 radical (unpaired) electrons.